The van der Waals surface area contributed by atoms with Crippen molar-refractivity contribution in [2.75, 3.05) is 17.2 Å². The third-order valence-corrected chi connectivity index (χ3v) is 3.15. The number of nitrogens with zero attached hydrogens (tertiary/aromatic N) is 2. The van der Waals surface area contributed by atoms with Crippen LogP contribution in [0.5, 0.6) is 0 Å². The van der Waals surface area contributed by atoms with Gasteiger partial charge < -0.3 is 10.6 Å². The van der Waals surface area contributed by atoms with Gasteiger partial charge in [-0.05, 0) is 38.3 Å². The lowest BCUT2D eigenvalue weighted by Crippen LogP contribution is -2.27. The first-order chi connectivity index (χ1) is 7.72. The van der Waals surface area contributed by atoms with E-state index in [0.29, 0.717) is 0 Å². The Morgan fingerprint density at radius 1 is 1.44 bits per heavy atom. The molecule has 1 saturated carbocycles. The quantitative estimate of drug-likeness (QED) is 0.828. The van der Waals surface area contributed by atoms with Gasteiger partial charge in [0.1, 0.15) is 5.82 Å². The molecule has 0 saturated heterocycles. The molecule has 0 amide bonds. The Morgan fingerprint density at radius 3 is 2.75 bits per heavy atom. The summed E-state index contributed by atoms with van der Waals surface area (Å²) in [4.78, 5) is 7.03. The van der Waals surface area contributed by atoms with E-state index in [9.17, 15) is 0 Å². The number of nitrogen functional groups attached to an aromatic ring is 1. The smallest absolute Gasteiger partial charge is 0.129 e. The van der Waals surface area contributed by atoms with Crippen LogP contribution in [0.1, 0.15) is 38.3 Å². The van der Waals surface area contributed by atoms with Gasteiger partial charge in [0.25, 0.3) is 0 Å². The lowest BCUT2D eigenvalue weighted by atomic mass is 10.2. The molecule has 88 valence electrons. The Hall–Kier alpha value is -1.25. The van der Waals surface area contributed by atoms with Gasteiger partial charge in [0, 0.05) is 12.6 Å². The molecule has 0 bridgehead atoms. The third kappa shape index (κ3) is 2.46. The topological polar surface area (TPSA) is 42.1 Å². The second-order valence-corrected chi connectivity index (χ2v) is 4.62. The van der Waals surface area contributed by atoms with Crippen molar-refractivity contribution in [3.63, 3.8) is 0 Å². The molecule has 2 rings (SSSR count). The number of aromatic nitrogens is 1. The molecule has 2 N–H and O–H groups in total. The standard InChI is InChI=1S/C13H21N3/c1-3-4-9-16(11-5-6-11)13-8-7-12(14)10(2)15-13/h7-8,11H,3-6,9,14H2,1-2H3. The zero-order valence-corrected chi connectivity index (χ0v) is 10.2. The highest BCUT2D eigenvalue weighted by atomic mass is 15.2. The maximum absolute atomic E-state index is 5.80. The fraction of sp³-hybridized carbons (Fsp3) is 0.615. The van der Waals surface area contributed by atoms with Gasteiger partial charge in [0.05, 0.1) is 11.4 Å². The third-order valence-electron chi connectivity index (χ3n) is 3.15. The molecule has 1 aromatic heterocycles. The van der Waals surface area contributed by atoms with Crippen LogP contribution in [-0.2, 0) is 0 Å². The van der Waals surface area contributed by atoms with Crippen molar-refractivity contribution in [1.29, 1.82) is 0 Å². The SMILES string of the molecule is CCCCN(c1ccc(N)c(C)n1)C1CC1. The van der Waals surface area contributed by atoms with Gasteiger partial charge in [-0.3, -0.25) is 0 Å². The second-order valence-electron chi connectivity index (χ2n) is 4.62. The molecule has 3 nitrogen and oxygen atoms in total. The minimum absolute atomic E-state index is 0.724. The van der Waals surface area contributed by atoms with Gasteiger partial charge in [0.15, 0.2) is 0 Å². The predicted octanol–water partition coefficient (Wildman–Crippen LogP) is 2.74. The summed E-state index contributed by atoms with van der Waals surface area (Å²) < 4.78 is 0. The van der Waals surface area contributed by atoms with Crippen molar-refractivity contribution in [2.24, 2.45) is 0 Å². The number of pyridine rings is 1. The van der Waals surface area contributed by atoms with Crippen LogP contribution in [0.3, 0.4) is 0 Å². The van der Waals surface area contributed by atoms with Gasteiger partial charge >= 0.3 is 0 Å². The van der Waals surface area contributed by atoms with Crippen LogP contribution in [-0.4, -0.2) is 17.6 Å². The molecule has 0 aliphatic heterocycles. The van der Waals surface area contributed by atoms with Gasteiger partial charge in [0.2, 0.25) is 0 Å². The first-order valence-corrected chi connectivity index (χ1v) is 6.22. The zero-order valence-electron chi connectivity index (χ0n) is 10.2. The molecule has 1 aromatic rings. The van der Waals surface area contributed by atoms with Crippen LogP contribution in [0.15, 0.2) is 12.1 Å². The number of unbranched alkanes of at least 4 members (excludes halogenated alkanes) is 1. The fourth-order valence-electron chi connectivity index (χ4n) is 1.92. The molecular formula is C13H21N3. The Bertz CT molecular complexity index is 358. The lowest BCUT2D eigenvalue weighted by molar-refractivity contribution is 0.704. The molecule has 1 aliphatic rings. The number of hydrogen-bond donors (Lipinski definition) is 1. The maximum Gasteiger partial charge on any atom is 0.129 e. The predicted molar refractivity (Wildman–Crippen MR) is 68.7 cm³/mol. The fourth-order valence-corrected chi connectivity index (χ4v) is 1.92. The van der Waals surface area contributed by atoms with Crippen molar-refractivity contribution >= 4 is 11.5 Å². The summed E-state index contributed by atoms with van der Waals surface area (Å²) in [6.07, 6.45) is 5.10. The largest absolute Gasteiger partial charge is 0.397 e. The van der Waals surface area contributed by atoms with E-state index in [2.05, 4.69) is 22.9 Å². The van der Waals surface area contributed by atoms with Crippen molar-refractivity contribution in [1.82, 2.24) is 4.98 Å². The van der Waals surface area contributed by atoms with Crippen LogP contribution < -0.4 is 10.6 Å². The van der Waals surface area contributed by atoms with Gasteiger partial charge in [-0.25, -0.2) is 4.98 Å². The van der Waals surface area contributed by atoms with E-state index >= 15 is 0 Å². The Labute approximate surface area is 97.7 Å². The van der Waals surface area contributed by atoms with Crippen molar-refractivity contribution < 1.29 is 0 Å². The maximum atomic E-state index is 5.80. The summed E-state index contributed by atoms with van der Waals surface area (Å²) in [5.41, 5.74) is 7.53. The normalized spacial score (nSPS) is 15.1. The molecule has 1 heterocycles. The molecule has 16 heavy (non-hydrogen) atoms. The lowest BCUT2D eigenvalue weighted by Gasteiger charge is -2.23. The number of rotatable bonds is 5. The van der Waals surface area contributed by atoms with E-state index < -0.39 is 0 Å². The van der Waals surface area contributed by atoms with E-state index in [0.717, 1.165) is 29.8 Å². The Kier molecular flexibility index (Phi) is 3.32. The van der Waals surface area contributed by atoms with Crippen LogP contribution >= 0.6 is 0 Å². The van der Waals surface area contributed by atoms with Gasteiger partial charge in [-0.2, -0.15) is 0 Å². The average Bonchev–Trinajstić information content (AvgIpc) is 3.08. The first-order valence-electron chi connectivity index (χ1n) is 6.22. The van der Waals surface area contributed by atoms with Crippen molar-refractivity contribution in [3.8, 4) is 0 Å². The number of anilines is 2. The zero-order chi connectivity index (χ0) is 11.5. The summed E-state index contributed by atoms with van der Waals surface area (Å²) >= 11 is 0. The minimum atomic E-state index is 0.724. The number of aryl methyl sites for hydroxylation is 1. The number of hydrogen-bond acceptors (Lipinski definition) is 3. The van der Waals surface area contributed by atoms with Crippen LogP contribution in [0.25, 0.3) is 0 Å². The molecular weight excluding hydrogens is 198 g/mol. The average molecular weight is 219 g/mol. The summed E-state index contributed by atoms with van der Waals surface area (Å²) in [5, 5.41) is 0. The Morgan fingerprint density at radius 2 is 2.19 bits per heavy atom. The molecule has 1 aliphatic carbocycles. The van der Waals surface area contributed by atoms with E-state index in [-0.39, 0.29) is 0 Å². The van der Waals surface area contributed by atoms with E-state index in [1.165, 1.54) is 25.7 Å². The summed E-state index contributed by atoms with van der Waals surface area (Å²) in [5.74, 6) is 1.10. The number of nitrogens with two attached hydrogens (primary N) is 1. The van der Waals surface area contributed by atoms with E-state index in [4.69, 9.17) is 5.73 Å². The monoisotopic (exact) mass is 219 g/mol. The van der Waals surface area contributed by atoms with Crippen molar-refractivity contribution in [2.45, 2.75) is 45.6 Å². The van der Waals surface area contributed by atoms with E-state index in [1.807, 2.05) is 13.0 Å². The highest BCUT2D eigenvalue weighted by molar-refractivity contribution is 5.51. The molecule has 0 unspecified atom stereocenters. The first kappa shape index (κ1) is 11.2. The highest BCUT2D eigenvalue weighted by Gasteiger charge is 2.29. The highest BCUT2D eigenvalue weighted by Crippen LogP contribution is 2.31. The van der Waals surface area contributed by atoms with Crippen molar-refractivity contribution in [3.05, 3.63) is 17.8 Å². The summed E-state index contributed by atoms with van der Waals surface area (Å²) in [7, 11) is 0. The van der Waals surface area contributed by atoms with E-state index in [1.54, 1.807) is 0 Å². The van der Waals surface area contributed by atoms with Gasteiger partial charge in [-0.15, -0.1) is 0 Å². The minimum Gasteiger partial charge on any atom is -0.397 e. The molecule has 0 spiro atoms. The Balaban J connectivity index is 2.14. The second kappa shape index (κ2) is 4.73. The molecule has 0 radical (unpaired) electrons. The molecule has 1 fully saturated rings. The molecule has 0 atom stereocenters. The van der Waals surface area contributed by atoms with Crippen LogP contribution in [0.2, 0.25) is 0 Å². The van der Waals surface area contributed by atoms with Crippen LogP contribution in [0, 0.1) is 6.92 Å². The summed E-state index contributed by atoms with van der Waals surface area (Å²) in [6, 6.07) is 4.75. The van der Waals surface area contributed by atoms with Gasteiger partial charge in [-0.1, -0.05) is 13.3 Å². The summed E-state index contributed by atoms with van der Waals surface area (Å²) in [6.45, 7) is 5.33. The van der Waals surface area contributed by atoms with Crippen LogP contribution in [0.4, 0.5) is 11.5 Å². The molecule has 3 heteroatoms. The molecule has 0 aromatic carbocycles.